The Bertz CT molecular complexity index is 1140. The number of fused-ring (bicyclic) bond motifs is 1. The Morgan fingerprint density at radius 2 is 1.79 bits per heavy atom. The van der Waals surface area contributed by atoms with E-state index in [4.69, 9.17) is 4.74 Å². The van der Waals surface area contributed by atoms with Crippen LogP contribution in [0.2, 0.25) is 0 Å². The highest BCUT2D eigenvalue weighted by atomic mass is 16.5. The fourth-order valence-electron chi connectivity index (χ4n) is 2.76. The molecule has 8 nitrogen and oxygen atoms in total. The first kappa shape index (κ1) is 17.3. The summed E-state index contributed by atoms with van der Waals surface area (Å²) in [6.45, 7) is 0. The molecule has 0 amide bonds. The minimum absolute atomic E-state index is 0.304. The molecule has 2 heterocycles. The normalized spacial score (nSPS) is 10.5. The smallest absolute Gasteiger partial charge is 0.339 e. The molecule has 0 aliphatic heterocycles. The molecule has 0 aliphatic carbocycles. The molecule has 0 saturated carbocycles. The van der Waals surface area contributed by atoms with Crippen LogP contribution in [0.15, 0.2) is 67.0 Å². The molecule has 28 heavy (non-hydrogen) atoms. The predicted molar refractivity (Wildman–Crippen MR) is 106 cm³/mol. The Labute approximate surface area is 160 Å². The summed E-state index contributed by atoms with van der Waals surface area (Å²) in [7, 11) is 1.34. The summed E-state index contributed by atoms with van der Waals surface area (Å²) in [5.41, 5.74) is 2.54. The zero-order chi connectivity index (χ0) is 19.3. The van der Waals surface area contributed by atoms with Gasteiger partial charge in [0.15, 0.2) is 5.82 Å². The third-order valence-electron chi connectivity index (χ3n) is 4.03. The Morgan fingerprint density at radius 3 is 2.68 bits per heavy atom. The number of para-hydroxylation sites is 2. The number of hydrogen-bond acceptors (Lipinski definition) is 8. The molecule has 0 atom stereocenters. The van der Waals surface area contributed by atoms with Gasteiger partial charge in [0.25, 0.3) is 0 Å². The molecule has 0 fully saturated rings. The molecule has 2 aromatic carbocycles. The Balaban J connectivity index is 1.62. The average Bonchev–Trinajstić information content (AvgIpc) is 2.74. The van der Waals surface area contributed by atoms with E-state index >= 15 is 0 Å². The quantitative estimate of drug-likeness (QED) is 0.511. The zero-order valence-corrected chi connectivity index (χ0v) is 15.0. The molecule has 4 aromatic rings. The lowest BCUT2D eigenvalue weighted by Gasteiger charge is -2.11. The summed E-state index contributed by atoms with van der Waals surface area (Å²) in [5.74, 6) is 0.297. The summed E-state index contributed by atoms with van der Waals surface area (Å²) in [4.78, 5) is 20.8. The molecular formula is C20H16N6O2. The number of nitrogens with one attached hydrogen (secondary N) is 2. The fourth-order valence-corrected chi connectivity index (χ4v) is 2.76. The first-order chi connectivity index (χ1) is 13.7. The molecule has 138 valence electrons. The van der Waals surface area contributed by atoms with Crippen LogP contribution in [-0.4, -0.2) is 33.2 Å². The van der Waals surface area contributed by atoms with Gasteiger partial charge in [0.05, 0.1) is 35.8 Å². The summed E-state index contributed by atoms with van der Waals surface area (Å²) >= 11 is 0. The molecule has 0 radical (unpaired) electrons. The zero-order valence-electron chi connectivity index (χ0n) is 15.0. The highest BCUT2D eigenvalue weighted by Gasteiger charge is 2.12. The van der Waals surface area contributed by atoms with E-state index in [2.05, 4.69) is 30.8 Å². The van der Waals surface area contributed by atoms with Gasteiger partial charge in [-0.2, -0.15) is 10.1 Å². The van der Waals surface area contributed by atoms with Crippen LogP contribution in [0.3, 0.4) is 0 Å². The lowest BCUT2D eigenvalue weighted by molar-refractivity contribution is 0.0602. The summed E-state index contributed by atoms with van der Waals surface area (Å²) in [6.07, 6.45) is 3.20. The Kier molecular flexibility index (Phi) is 4.75. The monoisotopic (exact) mass is 372 g/mol. The van der Waals surface area contributed by atoms with Gasteiger partial charge in [0.2, 0.25) is 5.95 Å². The molecule has 2 aromatic heterocycles. The van der Waals surface area contributed by atoms with Crippen LogP contribution in [-0.2, 0) is 4.74 Å². The van der Waals surface area contributed by atoms with Crippen molar-refractivity contribution in [1.29, 1.82) is 0 Å². The largest absolute Gasteiger partial charge is 0.465 e. The molecule has 8 heteroatoms. The number of ether oxygens (including phenoxy) is 1. The van der Waals surface area contributed by atoms with Crippen molar-refractivity contribution in [2.75, 3.05) is 17.7 Å². The number of pyridine rings is 1. The second-order valence-electron chi connectivity index (χ2n) is 5.83. The van der Waals surface area contributed by atoms with Crippen molar-refractivity contribution in [3.63, 3.8) is 0 Å². The molecule has 0 spiro atoms. The van der Waals surface area contributed by atoms with Crippen LogP contribution < -0.4 is 10.6 Å². The second kappa shape index (κ2) is 7.67. The van der Waals surface area contributed by atoms with Crippen LogP contribution in [0, 0.1) is 0 Å². The SMILES string of the molecule is COC(=O)c1ccccc1Nc1cnnc(Nc2cccc3cccnc23)n1. The number of nitrogens with zero attached hydrogens (tertiary/aromatic N) is 4. The maximum atomic E-state index is 11.9. The van der Waals surface area contributed by atoms with E-state index in [1.807, 2.05) is 36.4 Å². The third-order valence-corrected chi connectivity index (χ3v) is 4.03. The fraction of sp³-hybridized carbons (Fsp3) is 0.0500. The summed E-state index contributed by atoms with van der Waals surface area (Å²) < 4.78 is 4.81. The molecule has 2 N–H and O–H groups in total. The van der Waals surface area contributed by atoms with Crippen LogP contribution >= 0.6 is 0 Å². The molecule has 0 bridgehead atoms. The number of rotatable bonds is 5. The first-order valence-corrected chi connectivity index (χ1v) is 8.49. The molecule has 0 saturated heterocycles. The van der Waals surface area contributed by atoms with E-state index in [0.29, 0.717) is 23.0 Å². The minimum Gasteiger partial charge on any atom is -0.465 e. The number of methoxy groups -OCH3 is 1. The number of carbonyl (C=O) groups excluding carboxylic acids is 1. The van der Waals surface area contributed by atoms with Gasteiger partial charge in [-0.1, -0.05) is 30.3 Å². The highest BCUT2D eigenvalue weighted by Crippen LogP contribution is 2.24. The van der Waals surface area contributed by atoms with Crippen molar-refractivity contribution in [2.24, 2.45) is 0 Å². The van der Waals surface area contributed by atoms with Crippen molar-refractivity contribution in [1.82, 2.24) is 20.2 Å². The Hall–Kier alpha value is -4.07. The lowest BCUT2D eigenvalue weighted by Crippen LogP contribution is -2.07. The maximum absolute atomic E-state index is 11.9. The van der Waals surface area contributed by atoms with Crippen molar-refractivity contribution in [3.05, 3.63) is 72.6 Å². The third kappa shape index (κ3) is 3.56. The molecule has 0 aliphatic rings. The van der Waals surface area contributed by atoms with Crippen LogP contribution in [0.5, 0.6) is 0 Å². The van der Waals surface area contributed by atoms with Gasteiger partial charge in [-0.15, -0.1) is 5.10 Å². The van der Waals surface area contributed by atoms with Crippen molar-refractivity contribution in [3.8, 4) is 0 Å². The van der Waals surface area contributed by atoms with Crippen molar-refractivity contribution < 1.29 is 9.53 Å². The number of aromatic nitrogens is 4. The molecule has 4 rings (SSSR count). The van der Waals surface area contributed by atoms with Crippen LogP contribution in [0.4, 0.5) is 23.1 Å². The average molecular weight is 372 g/mol. The standard InChI is InChI=1S/C20H16N6O2/c1-28-19(27)14-8-2-3-9-15(14)23-17-12-22-26-20(25-17)24-16-10-4-6-13-7-5-11-21-18(13)16/h2-12H,1H3,(H2,23,24,25,26). The van der Waals surface area contributed by atoms with E-state index in [1.165, 1.54) is 13.3 Å². The topological polar surface area (TPSA) is 102 Å². The number of carbonyl (C=O) groups is 1. The predicted octanol–water partition coefficient (Wildman–Crippen LogP) is 3.69. The van der Waals surface area contributed by atoms with E-state index < -0.39 is 5.97 Å². The van der Waals surface area contributed by atoms with Gasteiger partial charge in [0, 0.05) is 11.6 Å². The summed E-state index contributed by atoms with van der Waals surface area (Å²) in [6, 6.07) is 16.7. The van der Waals surface area contributed by atoms with Gasteiger partial charge < -0.3 is 15.4 Å². The van der Waals surface area contributed by atoms with Crippen LogP contribution in [0.1, 0.15) is 10.4 Å². The van der Waals surface area contributed by atoms with E-state index in [0.717, 1.165) is 16.6 Å². The number of benzene rings is 2. The second-order valence-corrected chi connectivity index (χ2v) is 5.83. The van der Waals surface area contributed by atoms with Gasteiger partial charge in [-0.05, 0) is 24.3 Å². The molecule has 0 unspecified atom stereocenters. The van der Waals surface area contributed by atoms with Crippen LogP contribution in [0.25, 0.3) is 10.9 Å². The number of hydrogen-bond donors (Lipinski definition) is 2. The minimum atomic E-state index is -0.440. The van der Waals surface area contributed by atoms with Gasteiger partial charge in [-0.3, -0.25) is 4.98 Å². The van der Waals surface area contributed by atoms with Crippen molar-refractivity contribution in [2.45, 2.75) is 0 Å². The molecular weight excluding hydrogens is 356 g/mol. The lowest BCUT2D eigenvalue weighted by atomic mass is 10.2. The number of esters is 1. The van der Waals surface area contributed by atoms with Gasteiger partial charge in [0.1, 0.15) is 0 Å². The summed E-state index contributed by atoms with van der Waals surface area (Å²) in [5, 5.41) is 15.2. The van der Waals surface area contributed by atoms with E-state index in [-0.39, 0.29) is 0 Å². The first-order valence-electron chi connectivity index (χ1n) is 8.49. The van der Waals surface area contributed by atoms with Gasteiger partial charge in [-0.25, -0.2) is 4.79 Å². The van der Waals surface area contributed by atoms with Crippen molar-refractivity contribution >= 4 is 40.0 Å². The Morgan fingerprint density at radius 1 is 0.964 bits per heavy atom. The maximum Gasteiger partial charge on any atom is 0.339 e. The van der Waals surface area contributed by atoms with Gasteiger partial charge >= 0.3 is 5.97 Å². The number of anilines is 4. The van der Waals surface area contributed by atoms with E-state index in [1.54, 1.807) is 24.4 Å². The highest BCUT2D eigenvalue weighted by molar-refractivity contribution is 5.96. The van der Waals surface area contributed by atoms with E-state index in [9.17, 15) is 4.79 Å².